The summed E-state index contributed by atoms with van der Waals surface area (Å²) in [7, 11) is 0. The molecule has 0 amide bonds. The van der Waals surface area contributed by atoms with Crippen molar-refractivity contribution in [2.24, 2.45) is 0 Å². The van der Waals surface area contributed by atoms with Gasteiger partial charge in [-0.15, -0.1) is 0 Å². The summed E-state index contributed by atoms with van der Waals surface area (Å²) in [6, 6.07) is 7.03. The first-order chi connectivity index (χ1) is 10.6. The normalized spacial score (nSPS) is 11.5. The summed E-state index contributed by atoms with van der Waals surface area (Å²) in [5.41, 5.74) is 6.48. The van der Waals surface area contributed by atoms with Gasteiger partial charge >= 0.3 is 0 Å². The van der Waals surface area contributed by atoms with Gasteiger partial charge in [0.15, 0.2) is 11.3 Å². The number of nitrogens with two attached hydrogens (primary N) is 1. The second kappa shape index (κ2) is 4.49. The number of aromatic nitrogens is 3. The van der Waals surface area contributed by atoms with Crippen molar-refractivity contribution in [3.63, 3.8) is 0 Å². The third kappa shape index (κ3) is 1.73. The number of halogens is 1. The number of fused-ring (bicyclic) bond motifs is 4. The average Bonchev–Trinajstić information content (AvgIpc) is 2.51. The molecule has 2 heterocycles. The minimum atomic E-state index is -0.316. The Morgan fingerprint density at radius 3 is 2.73 bits per heavy atom. The number of rotatable bonds is 0. The van der Waals surface area contributed by atoms with Crippen molar-refractivity contribution in [3.05, 3.63) is 44.3 Å². The smallest absolute Gasteiger partial charge is 0.252 e. The van der Waals surface area contributed by atoms with Gasteiger partial charge in [-0.05, 0) is 12.2 Å². The van der Waals surface area contributed by atoms with E-state index >= 15 is 0 Å². The molecule has 1 aliphatic heterocycles. The van der Waals surface area contributed by atoms with Crippen molar-refractivity contribution in [1.82, 2.24) is 15.0 Å². The summed E-state index contributed by atoms with van der Waals surface area (Å²) in [4.78, 5) is 23.5. The van der Waals surface area contributed by atoms with E-state index in [0.717, 1.165) is 0 Å². The maximum atomic E-state index is 12.3. The standard InChI is InChI=1S/C14H7ClN4O2S/c15-7-10(20)6-4-2-1-3-5(6)8-11(7)21-13-9(17-8)12(16)18-14(22)19-13/h1-4H,(H3,16,18,19,22). The average molecular weight is 331 g/mol. The molecule has 1 aliphatic carbocycles. The summed E-state index contributed by atoms with van der Waals surface area (Å²) >= 11 is 11.1. The molecule has 1 aromatic carbocycles. The minimum Gasteiger partial charge on any atom is -0.433 e. The molecule has 2 aliphatic rings. The molecule has 0 atom stereocenters. The van der Waals surface area contributed by atoms with Crippen LogP contribution in [-0.4, -0.2) is 15.0 Å². The first kappa shape index (κ1) is 13.2. The molecule has 108 valence electrons. The highest BCUT2D eigenvalue weighted by molar-refractivity contribution is 7.71. The molecule has 2 aromatic rings. The molecular formula is C14H7ClN4O2S. The second-order valence-corrected chi connectivity index (χ2v) is 5.45. The van der Waals surface area contributed by atoms with Gasteiger partial charge in [0.1, 0.15) is 16.5 Å². The van der Waals surface area contributed by atoms with Crippen molar-refractivity contribution in [1.29, 1.82) is 0 Å². The molecule has 0 spiro atoms. The van der Waals surface area contributed by atoms with Crippen molar-refractivity contribution in [2.45, 2.75) is 0 Å². The molecule has 0 bridgehead atoms. The highest BCUT2D eigenvalue weighted by Gasteiger charge is 2.22. The Morgan fingerprint density at radius 2 is 1.95 bits per heavy atom. The molecule has 0 unspecified atom stereocenters. The number of anilines is 1. The van der Waals surface area contributed by atoms with Crippen LogP contribution in [0.4, 0.5) is 5.82 Å². The fourth-order valence-corrected chi connectivity index (χ4v) is 2.81. The third-order valence-corrected chi connectivity index (χ3v) is 3.90. The molecule has 0 saturated heterocycles. The summed E-state index contributed by atoms with van der Waals surface area (Å²) < 4.78 is 5.82. The monoisotopic (exact) mass is 330 g/mol. The fourth-order valence-electron chi connectivity index (χ4n) is 2.39. The van der Waals surface area contributed by atoms with Crippen molar-refractivity contribution in [2.75, 3.05) is 5.73 Å². The Hall–Kier alpha value is -2.51. The van der Waals surface area contributed by atoms with E-state index in [9.17, 15) is 4.79 Å². The molecule has 4 rings (SSSR count). The van der Waals surface area contributed by atoms with Gasteiger partial charge in [-0.25, -0.2) is 4.98 Å². The Kier molecular flexibility index (Phi) is 2.69. The lowest BCUT2D eigenvalue weighted by atomic mass is 10.0. The molecular weight excluding hydrogens is 324 g/mol. The number of H-pyrrole nitrogens is 1. The van der Waals surface area contributed by atoms with Crippen LogP contribution >= 0.6 is 23.8 Å². The number of nitrogens with one attached hydrogen (secondary N) is 1. The highest BCUT2D eigenvalue weighted by Crippen LogP contribution is 2.34. The van der Waals surface area contributed by atoms with Crippen LogP contribution in [0.5, 0.6) is 0 Å². The zero-order valence-electron chi connectivity index (χ0n) is 10.9. The zero-order valence-corrected chi connectivity index (χ0v) is 12.5. The number of hydrogen-bond donors (Lipinski definition) is 2. The molecule has 3 N–H and O–H groups in total. The van der Waals surface area contributed by atoms with Crippen molar-refractivity contribution < 1.29 is 4.42 Å². The lowest BCUT2D eigenvalue weighted by Crippen LogP contribution is -2.08. The number of hydrogen-bond acceptors (Lipinski definition) is 6. The first-order valence-corrected chi connectivity index (χ1v) is 7.05. The quantitative estimate of drug-likeness (QED) is 0.292. The Labute approximate surface area is 132 Å². The van der Waals surface area contributed by atoms with Crippen LogP contribution in [0.15, 0.2) is 33.5 Å². The molecule has 22 heavy (non-hydrogen) atoms. The fraction of sp³-hybridized carbons (Fsp3) is 0. The van der Waals surface area contributed by atoms with Crippen LogP contribution in [0.25, 0.3) is 33.5 Å². The van der Waals surface area contributed by atoms with Gasteiger partial charge in [-0.2, -0.15) is 4.98 Å². The van der Waals surface area contributed by atoms with E-state index < -0.39 is 0 Å². The van der Waals surface area contributed by atoms with Crippen LogP contribution in [0.2, 0.25) is 5.02 Å². The Bertz CT molecular complexity index is 1150. The van der Waals surface area contributed by atoms with Gasteiger partial charge in [0.2, 0.25) is 10.2 Å². The first-order valence-electron chi connectivity index (χ1n) is 6.27. The molecule has 6 nitrogen and oxygen atoms in total. The molecule has 8 heteroatoms. The maximum absolute atomic E-state index is 12.3. The van der Waals surface area contributed by atoms with Crippen molar-refractivity contribution in [3.8, 4) is 11.5 Å². The number of aromatic amines is 1. The summed E-state index contributed by atoms with van der Waals surface area (Å²) in [6.07, 6.45) is 0. The predicted molar refractivity (Wildman–Crippen MR) is 86.8 cm³/mol. The van der Waals surface area contributed by atoms with Gasteiger partial charge in [0.05, 0.1) is 0 Å². The third-order valence-electron chi connectivity index (χ3n) is 3.37. The van der Waals surface area contributed by atoms with Crippen LogP contribution in [0.3, 0.4) is 0 Å². The van der Waals surface area contributed by atoms with E-state index in [4.69, 9.17) is 34.0 Å². The van der Waals surface area contributed by atoms with Gasteiger partial charge in [0.25, 0.3) is 5.71 Å². The largest absolute Gasteiger partial charge is 0.433 e. The highest BCUT2D eigenvalue weighted by atomic mass is 35.5. The van der Waals surface area contributed by atoms with Gasteiger partial charge in [0, 0.05) is 10.8 Å². The van der Waals surface area contributed by atoms with Crippen LogP contribution in [-0.2, 0) is 0 Å². The number of nitrogen functional groups attached to an aromatic ring is 1. The molecule has 0 saturated carbocycles. The maximum Gasteiger partial charge on any atom is 0.252 e. The van der Waals surface area contributed by atoms with Gasteiger partial charge in [-0.1, -0.05) is 35.9 Å². The lowest BCUT2D eigenvalue weighted by Gasteiger charge is -2.11. The Morgan fingerprint density at radius 1 is 1.23 bits per heavy atom. The molecule has 1 aromatic heterocycles. The molecule has 0 radical (unpaired) electrons. The van der Waals surface area contributed by atoms with Crippen LogP contribution < -0.4 is 11.2 Å². The SMILES string of the molecule is Nc1[nH]c(=S)nc2oc3c(Cl)c(=O)c4ccccc4c-3nc12. The summed E-state index contributed by atoms with van der Waals surface area (Å²) in [5.74, 6) is 0.414. The number of benzene rings is 2. The molecule has 0 fully saturated rings. The van der Waals surface area contributed by atoms with E-state index in [-0.39, 0.29) is 32.5 Å². The van der Waals surface area contributed by atoms with E-state index in [1.54, 1.807) is 24.3 Å². The minimum absolute atomic E-state index is 0.0396. The van der Waals surface area contributed by atoms with Crippen LogP contribution in [0.1, 0.15) is 0 Å². The van der Waals surface area contributed by atoms with Gasteiger partial charge < -0.3 is 15.1 Å². The van der Waals surface area contributed by atoms with E-state index in [1.165, 1.54) is 0 Å². The van der Waals surface area contributed by atoms with E-state index in [1.807, 2.05) is 0 Å². The van der Waals surface area contributed by atoms with Crippen molar-refractivity contribution >= 4 is 51.6 Å². The predicted octanol–water partition coefficient (Wildman–Crippen LogP) is 3.13. The summed E-state index contributed by atoms with van der Waals surface area (Å²) in [6.45, 7) is 0. The van der Waals surface area contributed by atoms with Crippen LogP contribution in [0, 0.1) is 4.77 Å². The number of nitrogens with zero attached hydrogens (tertiary/aromatic N) is 2. The summed E-state index contributed by atoms with van der Waals surface area (Å²) in [5, 5.41) is 1.07. The lowest BCUT2D eigenvalue weighted by molar-refractivity contribution is 0.599. The second-order valence-electron chi connectivity index (χ2n) is 4.69. The van der Waals surface area contributed by atoms with E-state index in [0.29, 0.717) is 22.0 Å². The Balaban J connectivity index is 2.34. The zero-order chi connectivity index (χ0) is 15.4. The topological polar surface area (TPSA) is 97.8 Å². The van der Waals surface area contributed by atoms with Gasteiger partial charge in [-0.3, -0.25) is 4.79 Å². The van der Waals surface area contributed by atoms with E-state index in [2.05, 4.69) is 15.0 Å².